The van der Waals surface area contributed by atoms with E-state index in [1.165, 1.54) is 0 Å². The molecular weight excluding hydrogens is 289 g/mol. The third-order valence-corrected chi connectivity index (χ3v) is 3.29. The van der Waals surface area contributed by atoms with Crippen molar-refractivity contribution in [3.05, 3.63) is 34.3 Å². The maximum atomic E-state index is 11.8. The summed E-state index contributed by atoms with van der Waals surface area (Å²) < 4.78 is 1.02. The highest BCUT2D eigenvalue weighted by Crippen LogP contribution is 2.14. The number of amides is 1. The molecule has 0 heterocycles. The van der Waals surface area contributed by atoms with Crippen LogP contribution in [0.25, 0.3) is 0 Å². The number of nitrogens with zero attached hydrogens (tertiary/aromatic N) is 1. The topological polar surface area (TPSA) is 20.3 Å². The minimum Gasteiger partial charge on any atom is -0.341 e. The van der Waals surface area contributed by atoms with Crippen LogP contribution in [0, 0.1) is 5.92 Å². The zero-order valence-corrected chi connectivity index (χ0v) is 11.8. The van der Waals surface area contributed by atoms with Crippen molar-refractivity contribution in [2.75, 3.05) is 12.9 Å². The average molecular weight is 305 g/mol. The molecule has 1 aromatic rings. The van der Waals surface area contributed by atoms with Gasteiger partial charge in [-0.15, -0.1) is 11.6 Å². The Morgan fingerprint density at radius 2 is 2.25 bits per heavy atom. The van der Waals surface area contributed by atoms with Crippen molar-refractivity contribution in [2.45, 2.75) is 13.5 Å². The van der Waals surface area contributed by atoms with Gasteiger partial charge < -0.3 is 4.90 Å². The van der Waals surface area contributed by atoms with Gasteiger partial charge in [-0.2, -0.15) is 0 Å². The van der Waals surface area contributed by atoms with Gasteiger partial charge >= 0.3 is 0 Å². The molecule has 88 valence electrons. The van der Waals surface area contributed by atoms with E-state index < -0.39 is 0 Å². The van der Waals surface area contributed by atoms with E-state index in [-0.39, 0.29) is 11.8 Å². The van der Waals surface area contributed by atoms with Gasteiger partial charge in [0, 0.05) is 29.9 Å². The number of halogens is 2. The van der Waals surface area contributed by atoms with E-state index in [1.54, 1.807) is 11.9 Å². The van der Waals surface area contributed by atoms with Crippen LogP contribution in [-0.2, 0) is 11.3 Å². The predicted octanol–water partition coefficient (Wildman–Crippen LogP) is 3.28. The Labute approximate surface area is 110 Å². The van der Waals surface area contributed by atoms with Crippen LogP contribution in [0.2, 0.25) is 0 Å². The van der Waals surface area contributed by atoms with Gasteiger partial charge in [0.15, 0.2) is 0 Å². The first kappa shape index (κ1) is 13.5. The second kappa shape index (κ2) is 6.26. The molecule has 2 nitrogen and oxygen atoms in total. The Kier molecular flexibility index (Phi) is 5.29. The van der Waals surface area contributed by atoms with Gasteiger partial charge in [-0.1, -0.05) is 35.0 Å². The Morgan fingerprint density at radius 3 is 2.81 bits per heavy atom. The molecule has 1 amide bonds. The normalized spacial score (nSPS) is 12.2. The fourth-order valence-electron chi connectivity index (χ4n) is 1.43. The summed E-state index contributed by atoms with van der Waals surface area (Å²) in [4.78, 5) is 13.5. The molecule has 0 aliphatic carbocycles. The quantitative estimate of drug-likeness (QED) is 0.782. The van der Waals surface area contributed by atoms with Crippen molar-refractivity contribution in [1.82, 2.24) is 4.90 Å². The highest BCUT2D eigenvalue weighted by Gasteiger charge is 2.16. The zero-order valence-electron chi connectivity index (χ0n) is 9.41. The summed E-state index contributed by atoms with van der Waals surface area (Å²) in [5.41, 5.74) is 1.10. The third kappa shape index (κ3) is 3.80. The highest BCUT2D eigenvalue weighted by atomic mass is 79.9. The Bertz CT molecular complexity index is 370. The molecule has 16 heavy (non-hydrogen) atoms. The molecule has 1 unspecified atom stereocenters. The van der Waals surface area contributed by atoms with Crippen LogP contribution in [0.15, 0.2) is 28.7 Å². The first-order valence-electron chi connectivity index (χ1n) is 5.10. The summed E-state index contributed by atoms with van der Waals surface area (Å²) >= 11 is 9.07. The van der Waals surface area contributed by atoms with Crippen LogP contribution in [0.1, 0.15) is 12.5 Å². The first-order valence-corrected chi connectivity index (χ1v) is 6.42. The van der Waals surface area contributed by atoms with Gasteiger partial charge in [-0.05, 0) is 17.7 Å². The van der Waals surface area contributed by atoms with Gasteiger partial charge in [0.2, 0.25) is 5.91 Å². The fourth-order valence-corrected chi connectivity index (χ4v) is 2.01. The molecule has 0 spiro atoms. The van der Waals surface area contributed by atoms with E-state index in [0.29, 0.717) is 12.4 Å². The van der Waals surface area contributed by atoms with E-state index >= 15 is 0 Å². The van der Waals surface area contributed by atoms with Crippen molar-refractivity contribution in [1.29, 1.82) is 0 Å². The lowest BCUT2D eigenvalue weighted by Crippen LogP contribution is -2.31. The molecule has 0 bridgehead atoms. The van der Waals surface area contributed by atoms with Crippen LogP contribution >= 0.6 is 27.5 Å². The van der Waals surface area contributed by atoms with E-state index in [9.17, 15) is 4.79 Å². The van der Waals surface area contributed by atoms with Gasteiger partial charge in [0.25, 0.3) is 0 Å². The predicted molar refractivity (Wildman–Crippen MR) is 70.5 cm³/mol. The number of benzene rings is 1. The van der Waals surface area contributed by atoms with Crippen LogP contribution in [0.5, 0.6) is 0 Å². The van der Waals surface area contributed by atoms with Gasteiger partial charge in [-0.3, -0.25) is 4.79 Å². The number of alkyl halides is 1. The molecular formula is C12H15BrClNO. The van der Waals surface area contributed by atoms with Gasteiger partial charge in [-0.25, -0.2) is 0 Å². The van der Waals surface area contributed by atoms with Gasteiger partial charge in [0.05, 0.1) is 0 Å². The number of carbonyl (C=O) groups excluding carboxylic acids is 1. The van der Waals surface area contributed by atoms with Crippen LogP contribution in [-0.4, -0.2) is 23.7 Å². The standard InChI is InChI=1S/C12H15BrClNO/c1-9(7-14)12(16)15(2)8-10-4-3-5-11(13)6-10/h3-6,9H,7-8H2,1-2H3. The molecule has 4 heteroatoms. The molecule has 1 atom stereocenters. The molecule has 0 saturated heterocycles. The lowest BCUT2D eigenvalue weighted by Gasteiger charge is -2.20. The highest BCUT2D eigenvalue weighted by molar-refractivity contribution is 9.10. The number of carbonyl (C=O) groups is 1. The third-order valence-electron chi connectivity index (χ3n) is 2.34. The Balaban J connectivity index is 2.64. The van der Waals surface area contributed by atoms with Crippen LogP contribution < -0.4 is 0 Å². The van der Waals surface area contributed by atoms with E-state index in [0.717, 1.165) is 10.0 Å². The van der Waals surface area contributed by atoms with Crippen LogP contribution in [0.4, 0.5) is 0 Å². The van der Waals surface area contributed by atoms with Crippen molar-refractivity contribution >= 4 is 33.4 Å². The molecule has 0 aromatic heterocycles. The van der Waals surface area contributed by atoms with Gasteiger partial charge in [0.1, 0.15) is 0 Å². The summed E-state index contributed by atoms with van der Waals surface area (Å²) in [7, 11) is 1.80. The van der Waals surface area contributed by atoms with Crippen molar-refractivity contribution in [3.8, 4) is 0 Å². The number of hydrogen-bond acceptors (Lipinski definition) is 1. The molecule has 0 fully saturated rings. The minimum absolute atomic E-state index is 0.0787. The minimum atomic E-state index is -0.126. The molecule has 0 aliphatic heterocycles. The lowest BCUT2D eigenvalue weighted by molar-refractivity contribution is -0.133. The van der Waals surface area contributed by atoms with E-state index in [4.69, 9.17) is 11.6 Å². The summed E-state index contributed by atoms with van der Waals surface area (Å²) in [6, 6.07) is 7.93. The summed E-state index contributed by atoms with van der Waals surface area (Å²) in [5, 5.41) is 0. The monoisotopic (exact) mass is 303 g/mol. The second-order valence-corrected chi connectivity index (χ2v) is 5.10. The van der Waals surface area contributed by atoms with Crippen LogP contribution in [0.3, 0.4) is 0 Å². The first-order chi connectivity index (χ1) is 7.54. The average Bonchev–Trinajstić information content (AvgIpc) is 2.27. The number of hydrogen-bond donors (Lipinski definition) is 0. The van der Waals surface area contributed by atoms with Crippen molar-refractivity contribution in [2.24, 2.45) is 5.92 Å². The SMILES string of the molecule is CC(CCl)C(=O)N(C)Cc1cccc(Br)c1. The molecule has 0 aliphatic rings. The van der Waals surface area contributed by atoms with E-state index in [1.807, 2.05) is 31.2 Å². The lowest BCUT2D eigenvalue weighted by atomic mass is 10.1. The molecule has 0 radical (unpaired) electrons. The van der Waals surface area contributed by atoms with Crippen molar-refractivity contribution in [3.63, 3.8) is 0 Å². The number of rotatable bonds is 4. The molecule has 1 rings (SSSR count). The Hall–Kier alpha value is -0.540. The van der Waals surface area contributed by atoms with E-state index in [2.05, 4.69) is 15.9 Å². The zero-order chi connectivity index (χ0) is 12.1. The smallest absolute Gasteiger partial charge is 0.226 e. The largest absolute Gasteiger partial charge is 0.341 e. The molecule has 0 N–H and O–H groups in total. The fraction of sp³-hybridized carbons (Fsp3) is 0.417. The molecule has 1 aromatic carbocycles. The summed E-state index contributed by atoms with van der Waals surface area (Å²) in [5.74, 6) is 0.315. The van der Waals surface area contributed by atoms with Crippen molar-refractivity contribution < 1.29 is 4.79 Å². The molecule has 0 saturated carbocycles. The maximum Gasteiger partial charge on any atom is 0.226 e. The maximum absolute atomic E-state index is 11.8. The Morgan fingerprint density at radius 1 is 1.56 bits per heavy atom. The summed E-state index contributed by atoms with van der Waals surface area (Å²) in [6.07, 6.45) is 0. The summed E-state index contributed by atoms with van der Waals surface area (Å²) in [6.45, 7) is 2.45. The second-order valence-electron chi connectivity index (χ2n) is 3.88.